The van der Waals surface area contributed by atoms with Crippen LogP contribution in [0.15, 0.2) is 71.0 Å². The molecule has 0 aromatic heterocycles. The maximum absolute atomic E-state index is 13.1. The molecule has 1 heterocycles. The van der Waals surface area contributed by atoms with Crippen molar-refractivity contribution in [2.45, 2.75) is 17.9 Å². The van der Waals surface area contributed by atoms with Crippen molar-refractivity contribution in [3.63, 3.8) is 0 Å². The summed E-state index contributed by atoms with van der Waals surface area (Å²) in [6.45, 7) is 1.86. The first-order valence-electron chi connectivity index (χ1n) is 7.37. The van der Waals surface area contributed by atoms with Gasteiger partial charge in [0.1, 0.15) is 0 Å². The van der Waals surface area contributed by atoms with Crippen LogP contribution in [0, 0.1) is 6.92 Å². The zero-order valence-electron chi connectivity index (χ0n) is 13.0. The second-order valence-corrected chi connectivity index (χ2v) is 9.42. The van der Waals surface area contributed by atoms with E-state index >= 15 is 0 Å². The molecule has 7 heteroatoms. The van der Waals surface area contributed by atoms with Gasteiger partial charge >= 0.3 is 0 Å². The van der Waals surface area contributed by atoms with Gasteiger partial charge in [0.15, 0.2) is 9.84 Å². The molecule has 1 atom stereocenters. The molecule has 0 spiro atoms. The minimum absolute atomic E-state index is 0.129. The van der Waals surface area contributed by atoms with Gasteiger partial charge in [0.25, 0.3) is 10.0 Å². The quantitative estimate of drug-likeness (QED) is 0.837. The van der Waals surface area contributed by atoms with Gasteiger partial charge in [-0.1, -0.05) is 30.3 Å². The third-order valence-electron chi connectivity index (χ3n) is 3.77. The minimum atomic E-state index is -3.89. The molecular weight excluding hydrogens is 346 g/mol. The fourth-order valence-electron chi connectivity index (χ4n) is 2.68. The van der Waals surface area contributed by atoms with E-state index in [-0.39, 0.29) is 10.6 Å². The molecule has 0 fully saturated rings. The van der Waals surface area contributed by atoms with Gasteiger partial charge < -0.3 is 0 Å². The summed E-state index contributed by atoms with van der Waals surface area (Å²) in [6, 6.07) is 14.3. The summed E-state index contributed by atoms with van der Waals surface area (Å²) in [7, 11) is -7.27. The van der Waals surface area contributed by atoms with Crippen LogP contribution in [-0.2, 0) is 19.9 Å². The molecule has 5 nitrogen and oxygen atoms in total. The number of sulfonamides is 1. The number of anilines is 1. The van der Waals surface area contributed by atoms with E-state index in [0.29, 0.717) is 5.69 Å². The van der Waals surface area contributed by atoms with E-state index in [4.69, 9.17) is 0 Å². The number of hydrogen-bond acceptors (Lipinski definition) is 4. The van der Waals surface area contributed by atoms with Crippen LogP contribution in [0.3, 0.4) is 0 Å². The lowest BCUT2D eigenvalue weighted by Gasteiger charge is -2.29. The Morgan fingerprint density at radius 1 is 1.04 bits per heavy atom. The molecule has 0 amide bonds. The highest BCUT2D eigenvalue weighted by molar-refractivity contribution is 7.95. The molecule has 0 saturated carbocycles. The van der Waals surface area contributed by atoms with Crippen LogP contribution in [0.2, 0.25) is 0 Å². The van der Waals surface area contributed by atoms with Crippen molar-refractivity contribution in [1.29, 1.82) is 0 Å². The van der Waals surface area contributed by atoms with E-state index in [1.165, 1.54) is 22.5 Å². The molecule has 0 saturated heterocycles. The van der Waals surface area contributed by atoms with Crippen LogP contribution in [0.5, 0.6) is 0 Å². The van der Waals surface area contributed by atoms with Crippen molar-refractivity contribution in [3.8, 4) is 0 Å². The summed E-state index contributed by atoms with van der Waals surface area (Å²) in [5.41, 5.74) is 1.34. The number of nitrogens with zero attached hydrogens (tertiary/aromatic N) is 1. The van der Waals surface area contributed by atoms with E-state index < -0.39 is 25.9 Å². The highest BCUT2D eigenvalue weighted by atomic mass is 32.2. The molecule has 126 valence electrons. The molecule has 2 aromatic carbocycles. The second kappa shape index (κ2) is 6.07. The van der Waals surface area contributed by atoms with Crippen molar-refractivity contribution in [2.24, 2.45) is 0 Å². The maximum atomic E-state index is 13.1. The Labute approximate surface area is 142 Å². The number of sulfone groups is 1. The van der Waals surface area contributed by atoms with E-state index in [9.17, 15) is 16.8 Å². The lowest BCUT2D eigenvalue weighted by atomic mass is 10.2. The van der Waals surface area contributed by atoms with Gasteiger partial charge in [-0.05, 0) is 42.8 Å². The zero-order valence-corrected chi connectivity index (χ0v) is 14.7. The summed E-state index contributed by atoms with van der Waals surface area (Å²) in [6.07, 6.45) is 1.43. The molecule has 3 rings (SSSR count). The van der Waals surface area contributed by atoms with Gasteiger partial charge in [-0.3, -0.25) is 4.31 Å². The Morgan fingerprint density at radius 3 is 2.33 bits per heavy atom. The predicted octanol–water partition coefficient (Wildman–Crippen LogP) is 2.50. The molecule has 0 unspecified atom stereocenters. The standard InChI is InChI=1S/C17H17NO4S2/c1-14-6-5-7-15(12-14)18(16-10-11-23(19,20)13-16)24(21,22)17-8-3-2-4-9-17/h2-12,16H,13H2,1H3/t16-/m0/s1. The van der Waals surface area contributed by atoms with Crippen molar-refractivity contribution < 1.29 is 16.8 Å². The fraction of sp³-hybridized carbons (Fsp3) is 0.176. The summed E-state index contributed by atoms with van der Waals surface area (Å²) in [5, 5.41) is 1.08. The Kier molecular flexibility index (Phi) is 4.23. The summed E-state index contributed by atoms with van der Waals surface area (Å²) >= 11 is 0. The molecule has 0 radical (unpaired) electrons. The first kappa shape index (κ1) is 16.7. The molecule has 0 N–H and O–H groups in total. The first-order valence-corrected chi connectivity index (χ1v) is 10.5. The minimum Gasteiger partial charge on any atom is -0.258 e. The molecule has 2 aromatic rings. The van der Waals surface area contributed by atoms with Crippen molar-refractivity contribution in [1.82, 2.24) is 0 Å². The largest absolute Gasteiger partial charge is 0.264 e. The second-order valence-electron chi connectivity index (χ2n) is 5.68. The van der Waals surface area contributed by atoms with Crippen LogP contribution in [0.4, 0.5) is 5.69 Å². The Balaban J connectivity index is 2.15. The van der Waals surface area contributed by atoms with E-state index in [1.54, 1.807) is 36.4 Å². The van der Waals surface area contributed by atoms with E-state index in [2.05, 4.69) is 0 Å². The van der Waals surface area contributed by atoms with Crippen molar-refractivity contribution in [2.75, 3.05) is 10.1 Å². The molecule has 0 aliphatic carbocycles. The van der Waals surface area contributed by atoms with E-state index in [0.717, 1.165) is 11.0 Å². The third-order valence-corrected chi connectivity index (χ3v) is 7.01. The van der Waals surface area contributed by atoms with Crippen LogP contribution < -0.4 is 4.31 Å². The average Bonchev–Trinajstić information content (AvgIpc) is 2.88. The van der Waals surface area contributed by atoms with Crippen LogP contribution in [-0.4, -0.2) is 28.6 Å². The van der Waals surface area contributed by atoms with E-state index in [1.807, 2.05) is 13.0 Å². The van der Waals surface area contributed by atoms with Gasteiger partial charge in [-0.2, -0.15) is 0 Å². The monoisotopic (exact) mass is 363 g/mol. The van der Waals surface area contributed by atoms with Gasteiger partial charge in [0.2, 0.25) is 0 Å². The number of benzene rings is 2. The topological polar surface area (TPSA) is 71.5 Å². The molecule has 0 bridgehead atoms. The summed E-state index contributed by atoms with van der Waals surface area (Å²) in [5.74, 6) is -0.257. The maximum Gasteiger partial charge on any atom is 0.264 e. The Bertz CT molecular complexity index is 980. The van der Waals surface area contributed by atoms with Gasteiger partial charge in [0, 0.05) is 5.41 Å². The number of rotatable bonds is 4. The highest BCUT2D eigenvalue weighted by Crippen LogP contribution is 2.30. The lowest BCUT2D eigenvalue weighted by Crippen LogP contribution is -2.41. The smallest absolute Gasteiger partial charge is 0.258 e. The Hall–Kier alpha value is -2.12. The SMILES string of the molecule is Cc1cccc(N([C@H]2C=CS(=O)(=O)C2)S(=O)(=O)c2ccccc2)c1. The third kappa shape index (κ3) is 3.22. The van der Waals surface area contributed by atoms with Gasteiger partial charge in [-0.25, -0.2) is 16.8 Å². The average molecular weight is 363 g/mol. The lowest BCUT2D eigenvalue weighted by molar-refractivity contribution is 0.586. The summed E-state index contributed by atoms with van der Waals surface area (Å²) < 4.78 is 51.1. The van der Waals surface area contributed by atoms with Crippen LogP contribution in [0.1, 0.15) is 5.56 Å². The van der Waals surface area contributed by atoms with Gasteiger partial charge in [0.05, 0.1) is 22.4 Å². The normalized spacial score (nSPS) is 19.3. The summed E-state index contributed by atoms with van der Waals surface area (Å²) in [4.78, 5) is 0.129. The Morgan fingerprint density at radius 2 is 1.75 bits per heavy atom. The number of aryl methyl sites for hydroxylation is 1. The zero-order chi connectivity index (χ0) is 17.4. The first-order chi connectivity index (χ1) is 11.3. The van der Waals surface area contributed by atoms with Crippen LogP contribution >= 0.6 is 0 Å². The predicted molar refractivity (Wildman–Crippen MR) is 94.0 cm³/mol. The van der Waals surface area contributed by atoms with Crippen molar-refractivity contribution in [3.05, 3.63) is 71.6 Å². The molecule has 1 aliphatic rings. The highest BCUT2D eigenvalue weighted by Gasteiger charge is 2.35. The van der Waals surface area contributed by atoms with Crippen molar-refractivity contribution >= 4 is 25.5 Å². The van der Waals surface area contributed by atoms with Crippen LogP contribution in [0.25, 0.3) is 0 Å². The molecule has 1 aliphatic heterocycles. The fourth-order valence-corrected chi connectivity index (χ4v) is 5.67. The van der Waals surface area contributed by atoms with Gasteiger partial charge in [-0.15, -0.1) is 0 Å². The molecule has 24 heavy (non-hydrogen) atoms. The molecular formula is C17H17NO4S2. The number of hydrogen-bond donors (Lipinski definition) is 0.